The summed E-state index contributed by atoms with van der Waals surface area (Å²) < 4.78 is 2.18. The Balaban J connectivity index is 2.00. The van der Waals surface area contributed by atoms with Gasteiger partial charge in [0.1, 0.15) is 5.82 Å². The summed E-state index contributed by atoms with van der Waals surface area (Å²) in [5.41, 5.74) is 5.25. The van der Waals surface area contributed by atoms with Crippen LogP contribution in [0.15, 0.2) is 24.3 Å². The van der Waals surface area contributed by atoms with Crippen LogP contribution in [-0.2, 0) is 6.42 Å². The first-order chi connectivity index (χ1) is 9.67. The molecule has 0 bridgehead atoms. The van der Waals surface area contributed by atoms with E-state index in [0.29, 0.717) is 6.04 Å². The molecule has 1 aromatic carbocycles. The molecule has 20 heavy (non-hydrogen) atoms. The Morgan fingerprint density at radius 3 is 2.65 bits per heavy atom. The van der Waals surface area contributed by atoms with E-state index in [9.17, 15) is 0 Å². The van der Waals surface area contributed by atoms with Crippen LogP contribution in [0.25, 0.3) is 0 Å². The molecular formula is C17H23N3. The summed E-state index contributed by atoms with van der Waals surface area (Å²) in [6.07, 6.45) is 3.30. The topological polar surface area (TPSA) is 29.9 Å². The summed E-state index contributed by atoms with van der Waals surface area (Å²) >= 11 is 0. The van der Waals surface area contributed by atoms with Gasteiger partial charge in [0.2, 0.25) is 0 Å². The Hall–Kier alpha value is -1.77. The van der Waals surface area contributed by atoms with Crippen LogP contribution >= 0.6 is 0 Å². The van der Waals surface area contributed by atoms with Crippen LogP contribution < -0.4 is 5.32 Å². The second-order valence-electron chi connectivity index (χ2n) is 5.87. The molecule has 0 saturated heterocycles. The van der Waals surface area contributed by atoms with Crippen LogP contribution in [0.5, 0.6) is 0 Å². The molecule has 0 amide bonds. The Labute approximate surface area is 121 Å². The molecular weight excluding hydrogens is 246 g/mol. The van der Waals surface area contributed by atoms with Gasteiger partial charge < -0.3 is 5.32 Å². The van der Waals surface area contributed by atoms with Crippen LogP contribution in [0.2, 0.25) is 0 Å². The number of nitrogens with zero attached hydrogens (tertiary/aromatic N) is 2. The minimum Gasteiger partial charge on any atom is -0.370 e. The lowest BCUT2D eigenvalue weighted by Gasteiger charge is -2.26. The highest BCUT2D eigenvalue weighted by Crippen LogP contribution is 2.31. The lowest BCUT2D eigenvalue weighted by molar-refractivity contribution is 0.477. The van der Waals surface area contributed by atoms with Crippen LogP contribution in [0.1, 0.15) is 48.2 Å². The van der Waals surface area contributed by atoms with Gasteiger partial charge in [-0.15, -0.1) is 0 Å². The zero-order valence-corrected chi connectivity index (χ0v) is 12.6. The number of rotatable bonds is 3. The maximum absolute atomic E-state index is 4.81. The van der Waals surface area contributed by atoms with Gasteiger partial charge in [0.05, 0.1) is 11.7 Å². The lowest BCUT2D eigenvalue weighted by atomic mass is 9.98. The van der Waals surface area contributed by atoms with Gasteiger partial charge in [-0.1, -0.05) is 42.7 Å². The van der Waals surface area contributed by atoms with Crippen LogP contribution in [0, 0.1) is 13.8 Å². The van der Waals surface area contributed by atoms with E-state index < -0.39 is 0 Å². The molecule has 1 aliphatic heterocycles. The summed E-state index contributed by atoms with van der Waals surface area (Å²) in [5.74, 6) is 1.17. The molecule has 2 heterocycles. The highest BCUT2D eigenvalue weighted by atomic mass is 15.4. The molecule has 106 valence electrons. The van der Waals surface area contributed by atoms with Crippen molar-refractivity contribution in [3.8, 4) is 0 Å². The van der Waals surface area contributed by atoms with E-state index in [-0.39, 0.29) is 0 Å². The quantitative estimate of drug-likeness (QED) is 0.917. The molecule has 1 aliphatic rings. The van der Waals surface area contributed by atoms with Gasteiger partial charge in [-0.3, -0.25) is 0 Å². The minimum absolute atomic E-state index is 0.371. The summed E-state index contributed by atoms with van der Waals surface area (Å²) in [5, 5.41) is 8.28. The number of fused-ring (bicyclic) bond motifs is 1. The fourth-order valence-electron chi connectivity index (χ4n) is 3.16. The number of aryl methyl sites for hydroxylation is 3. The van der Waals surface area contributed by atoms with Crippen LogP contribution in [0.4, 0.5) is 5.82 Å². The summed E-state index contributed by atoms with van der Waals surface area (Å²) in [6, 6.07) is 9.41. The smallest absolute Gasteiger partial charge is 0.125 e. The molecule has 3 nitrogen and oxygen atoms in total. The molecule has 0 saturated carbocycles. The number of anilines is 1. The third-order valence-corrected chi connectivity index (χ3v) is 3.94. The van der Waals surface area contributed by atoms with E-state index in [0.717, 1.165) is 25.8 Å². The Morgan fingerprint density at radius 1 is 1.20 bits per heavy atom. The average Bonchev–Trinajstić information content (AvgIpc) is 2.80. The number of nitrogens with one attached hydrogen (secondary N) is 1. The highest BCUT2D eigenvalue weighted by Gasteiger charge is 2.23. The molecule has 0 radical (unpaired) electrons. The summed E-state index contributed by atoms with van der Waals surface area (Å²) in [7, 11) is 0. The van der Waals surface area contributed by atoms with Crippen molar-refractivity contribution in [1.29, 1.82) is 0 Å². The van der Waals surface area contributed by atoms with E-state index in [4.69, 9.17) is 5.10 Å². The van der Waals surface area contributed by atoms with Gasteiger partial charge in [-0.2, -0.15) is 5.10 Å². The highest BCUT2D eigenvalue weighted by molar-refractivity contribution is 5.42. The molecule has 3 heteroatoms. The zero-order valence-electron chi connectivity index (χ0n) is 12.6. The maximum Gasteiger partial charge on any atom is 0.125 e. The average molecular weight is 269 g/mol. The first-order valence-corrected chi connectivity index (χ1v) is 7.58. The van der Waals surface area contributed by atoms with Gasteiger partial charge in [0.15, 0.2) is 0 Å². The number of hydrogen-bond donors (Lipinski definition) is 1. The van der Waals surface area contributed by atoms with E-state index >= 15 is 0 Å². The van der Waals surface area contributed by atoms with Crippen molar-refractivity contribution in [3.63, 3.8) is 0 Å². The van der Waals surface area contributed by atoms with Gasteiger partial charge in [0.25, 0.3) is 0 Å². The molecule has 0 spiro atoms. The number of hydrogen-bond acceptors (Lipinski definition) is 2. The van der Waals surface area contributed by atoms with Gasteiger partial charge in [-0.05, 0) is 32.3 Å². The SMILES string of the molecule is CCCc1cc2n(n1)C(c1cc(C)cc(C)c1)CCN2. The predicted octanol–water partition coefficient (Wildman–Crippen LogP) is 3.86. The fraction of sp³-hybridized carbons (Fsp3) is 0.471. The predicted molar refractivity (Wildman–Crippen MR) is 83.4 cm³/mol. The zero-order chi connectivity index (χ0) is 14.1. The van der Waals surface area contributed by atoms with Crippen LogP contribution in [0.3, 0.4) is 0 Å². The van der Waals surface area contributed by atoms with Crippen molar-refractivity contribution in [3.05, 3.63) is 46.6 Å². The largest absolute Gasteiger partial charge is 0.370 e. The molecule has 2 aromatic rings. The van der Waals surface area contributed by atoms with Crippen molar-refractivity contribution < 1.29 is 0 Å². The van der Waals surface area contributed by atoms with Crippen molar-refractivity contribution >= 4 is 5.82 Å². The van der Waals surface area contributed by atoms with Gasteiger partial charge in [0, 0.05) is 12.6 Å². The lowest BCUT2D eigenvalue weighted by Crippen LogP contribution is -2.24. The molecule has 0 aliphatic carbocycles. The van der Waals surface area contributed by atoms with E-state index in [1.807, 2.05) is 0 Å². The maximum atomic E-state index is 4.81. The van der Waals surface area contributed by atoms with E-state index in [1.165, 1.54) is 28.2 Å². The van der Waals surface area contributed by atoms with Gasteiger partial charge >= 0.3 is 0 Å². The summed E-state index contributed by atoms with van der Waals surface area (Å²) in [4.78, 5) is 0. The molecule has 1 unspecified atom stereocenters. The van der Waals surface area contributed by atoms with Crippen molar-refractivity contribution in [2.24, 2.45) is 0 Å². The Bertz CT molecular complexity index is 592. The Morgan fingerprint density at radius 2 is 1.95 bits per heavy atom. The van der Waals surface area contributed by atoms with Crippen molar-refractivity contribution in [2.45, 2.75) is 46.1 Å². The van der Waals surface area contributed by atoms with Crippen molar-refractivity contribution in [2.75, 3.05) is 11.9 Å². The van der Waals surface area contributed by atoms with E-state index in [2.05, 4.69) is 55.0 Å². The third kappa shape index (κ3) is 2.45. The normalized spacial score (nSPS) is 17.6. The first kappa shape index (κ1) is 13.2. The molecule has 1 aromatic heterocycles. The minimum atomic E-state index is 0.371. The number of benzene rings is 1. The molecule has 0 fully saturated rings. The molecule has 1 N–H and O–H groups in total. The monoisotopic (exact) mass is 269 g/mol. The van der Waals surface area contributed by atoms with Gasteiger partial charge in [-0.25, -0.2) is 4.68 Å². The number of aromatic nitrogens is 2. The third-order valence-electron chi connectivity index (χ3n) is 3.94. The fourth-order valence-corrected chi connectivity index (χ4v) is 3.16. The molecule has 1 atom stereocenters. The Kier molecular flexibility index (Phi) is 3.51. The standard InChI is InChI=1S/C17H23N3/c1-4-5-15-11-17-18-7-6-16(20(17)19-15)14-9-12(2)8-13(3)10-14/h8-11,16,18H,4-7H2,1-3H3. The molecule has 3 rings (SSSR count). The second-order valence-corrected chi connectivity index (χ2v) is 5.87. The second kappa shape index (κ2) is 5.31. The van der Waals surface area contributed by atoms with E-state index in [1.54, 1.807) is 0 Å². The van der Waals surface area contributed by atoms with Crippen molar-refractivity contribution in [1.82, 2.24) is 9.78 Å². The van der Waals surface area contributed by atoms with Crippen LogP contribution in [-0.4, -0.2) is 16.3 Å². The first-order valence-electron chi connectivity index (χ1n) is 7.58. The summed E-state index contributed by atoms with van der Waals surface area (Å²) in [6.45, 7) is 7.57.